The zero-order chi connectivity index (χ0) is 11.9. The maximum absolute atomic E-state index is 9.64. The number of aliphatic hydroxyl groups is 1. The van der Waals surface area contributed by atoms with Gasteiger partial charge in [-0.1, -0.05) is 12.2 Å². The Morgan fingerprint density at radius 1 is 1.41 bits per heavy atom. The van der Waals surface area contributed by atoms with Crippen LogP contribution in [-0.2, 0) is 5.54 Å². The van der Waals surface area contributed by atoms with E-state index < -0.39 is 5.54 Å². The molecule has 0 aliphatic heterocycles. The monoisotopic (exact) mass is 231 g/mol. The van der Waals surface area contributed by atoms with Gasteiger partial charge < -0.3 is 15.4 Å². The number of aliphatic hydroxyl groups excluding tert-OH is 1. The summed E-state index contributed by atoms with van der Waals surface area (Å²) in [7, 11) is 0. The van der Waals surface area contributed by atoms with Crippen LogP contribution in [0.25, 0.3) is 11.2 Å². The third kappa shape index (κ3) is 1.34. The van der Waals surface area contributed by atoms with E-state index >= 15 is 0 Å². The second kappa shape index (κ2) is 3.53. The van der Waals surface area contributed by atoms with Crippen molar-refractivity contribution in [1.29, 1.82) is 0 Å². The molecule has 2 aromatic heterocycles. The molecule has 1 aliphatic rings. The van der Waals surface area contributed by atoms with E-state index in [1.807, 2.05) is 10.6 Å². The molecular weight excluding hydrogens is 218 g/mol. The number of nitrogen functional groups attached to an aromatic ring is 1. The minimum atomic E-state index is -0.435. The zero-order valence-corrected chi connectivity index (χ0v) is 9.24. The topological polar surface area (TPSA) is 89.9 Å². The molecule has 1 unspecified atom stereocenters. The van der Waals surface area contributed by atoms with Gasteiger partial charge in [0.15, 0.2) is 11.5 Å². The molecule has 88 valence electrons. The van der Waals surface area contributed by atoms with Gasteiger partial charge >= 0.3 is 0 Å². The number of nitrogens with two attached hydrogens (primary N) is 1. The zero-order valence-electron chi connectivity index (χ0n) is 9.24. The number of hydrogen-bond donors (Lipinski definition) is 2. The van der Waals surface area contributed by atoms with E-state index in [1.54, 1.807) is 6.33 Å². The molecule has 6 nitrogen and oxygen atoms in total. The molecule has 0 saturated carbocycles. The van der Waals surface area contributed by atoms with Gasteiger partial charge in [-0.2, -0.15) is 0 Å². The lowest BCUT2D eigenvalue weighted by molar-refractivity contribution is 0.174. The maximum atomic E-state index is 9.64. The molecule has 6 heteroatoms. The highest BCUT2D eigenvalue weighted by Gasteiger charge is 2.32. The standard InChI is InChI=1S/C11H13N5O/c12-9-8-10(14-6-13-9)16(7-15-8)11(5-17)3-1-2-4-11/h1,3,6-7,17H,2,4-5H2,(H2,12,13,14). The number of aromatic nitrogens is 4. The molecule has 1 aliphatic carbocycles. The Hall–Kier alpha value is -1.95. The number of nitrogens with zero attached hydrogens (tertiary/aromatic N) is 4. The highest BCUT2D eigenvalue weighted by Crippen LogP contribution is 2.32. The third-order valence-corrected chi connectivity index (χ3v) is 3.29. The number of anilines is 1. The molecular formula is C11H13N5O. The summed E-state index contributed by atoms with van der Waals surface area (Å²) in [6, 6.07) is 0. The number of rotatable bonds is 2. The molecule has 1 atom stereocenters. The Balaban J connectivity index is 2.24. The van der Waals surface area contributed by atoms with E-state index in [0.717, 1.165) is 12.8 Å². The average molecular weight is 231 g/mol. The first-order chi connectivity index (χ1) is 8.27. The van der Waals surface area contributed by atoms with Crippen molar-refractivity contribution in [3.63, 3.8) is 0 Å². The highest BCUT2D eigenvalue weighted by molar-refractivity contribution is 5.81. The molecule has 0 aromatic carbocycles. The predicted octanol–water partition coefficient (Wildman–Crippen LogP) is 0.446. The van der Waals surface area contributed by atoms with Crippen molar-refractivity contribution in [3.8, 4) is 0 Å². The minimum absolute atomic E-state index is 0.0267. The summed E-state index contributed by atoms with van der Waals surface area (Å²) in [5.41, 5.74) is 6.56. The van der Waals surface area contributed by atoms with E-state index in [-0.39, 0.29) is 6.61 Å². The van der Waals surface area contributed by atoms with E-state index in [2.05, 4.69) is 21.0 Å². The van der Waals surface area contributed by atoms with Crippen molar-refractivity contribution in [2.75, 3.05) is 12.3 Å². The summed E-state index contributed by atoms with van der Waals surface area (Å²) < 4.78 is 1.88. The Labute approximate surface area is 97.8 Å². The molecule has 0 fully saturated rings. The van der Waals surface area contributed by atoms with Gasteiger partial charge in [0.25, 0.3) is 0 Å². The molecule has 0 spiro atoms. The Kier molecular flexibility index (Phi) is 2.12. The molecule has 0 amide bonds. The third-order valence-electron chi connectivity index (χ3n) is 3.29. The molecule has 3 N–H and O–H groups in total. The molecule has 3 rings (SSSR count). The van der Waals surface area contributed by atoms with Crippen LogP contribution in [0.5, 0.6) is 0 Å². The van der Waals surface area contributed by atoms with E-state index in [4.69, 9.17) is 5.73 Å². The van der Waals surface area contributed by atoms with Crippen molar-refractivity contribution in [2.24, 2.45) is 0 Å². The summed E-state index contributed by atoms with van der Waals surface area (Å²) in [4.78, 5) is 12.3. The van der Waals surface area contributed by atoms with Gasteiger partial charge in [-0.25, -0.2) is 15.0 Å². The summed E-state index contributed by atoms with van der Waals surface area (Å²) in [5, 5.41) is 9.64. The Bertz CT molecular complexity index is 591. The van der Waals surface area contributed by atoms with Crippen LogP contribution in [0.4, 0.5) is 5.82 Å². The average Bonchev–Trinajstić information content (AvgIpc) is 2.96. The van der Waals surface area contributed by atoms with E-state index in [1.165, 1.54) is 6.33 Å². The number of imidazole rings is 1. The molecule has 0 bridgehead atoms. The lowest BCUT2D eigenvalue weighted by Gasteiger charge is -2.26. The molecule has 2 heterocycles. The van der Waals surface area contributed by atoms with Crippen molar-refractivity contribution in [3.05, 3.63) is 24.8 Å². The summed E-state index contributed by atoms with van der Waals surface area (Å²) in [6.45, 7) is 0.0267. The fourth-order valence-electron chi connectivity index (χ4n) is 2.31. The van der Waals surface area contributed by atoms with Gasteiger partial charge in [0, 0.05) is 0 Å². The Morgan fingerprint density at radius 2 is 2.29 bits per heavy atom. The molecule has 2 aromatic rings. The van der Waals surface area contributed by atoms with Crippen LogP contribution in [-0.4, -0.2) is 31.2 Å². The largest absolute Gasteiger partial charge is 0.394 e. The van der Waals surface area contributed by atoms with Gasteiger partial charge in [-0.05, 0) is 12.8 Å². The van der Waals surface area contributed by atoms with Crippen LogP contribution in [0.2, 0.25) is 0 Å². The first-order valence-electron chi connectivity index (χ1n) is 5.49. The fourth-order valence-corrected chi connectivity index (χ4v) is 2.31. The van der Waals surface area contributed by atoms with Crippen LogP contribution in [0, 0.1) is 0 Å². The van der Waals surface area contributed by atoms with Gasteiger partial charge in [0.1, 0.15) is 11.8 Å². The van der Waals surface area contributed by atoms with Gasteiger partial charge in [0.05, 0.1) is 18.5 Å². The van der Waals surface area contributed by atoms with Crippen LogP contribution in [0.3, 0.4) is 0 Å². The summed E-state index contributed by atoms with van der Waals surface area (Å²) >= 11 is 0. The molecule has 0 saturated heterocycles. The van der Waals surface area contributed by atoms with Gasteiger partial charge in [-0.15, -0.1) is 0 Å². The van der Waals surface area contributed by atoms with E-state index in [9.17, 15) is 5.11 Å². The highest BCUT2D eigenvalue weighted by atomic mass is 16.3. The first-order valence-corrected chi connectivity index (χ1v) is 5.49. The van der Waals surface area contributed by atoms with Crippen molar-refractivity contribution >= 4 is 17.0 Å². The second-order valence-corrected chi connectivity index (χ2v) is 4.25. The van der Waals surface area contributed by atoms with Crippen molar-refractivity contribution in [1.82, 2.24) is 19.5 Å². The van der Waals surface area contributed by atoms with E-state index in [0.29, 0.717) is 17.0 Å². The summed E-state index contributed by atoms with van der Waals surface area (Å²) in [6.07, 6.45) is 8.94. The van der Waals surface area contributed by atoms with Crippen LogP contribution >= 0.6 is 0 Å². The maximum Gasteiger partial charge on any atom is 0.166 e. The van der Waals surface area contributed by atoms with Gasteiger partial charge in [0.2, 0.25) is 0 Å². The van der Waals surface area contributed by atoms with Crippen LogP contribution in [0.1, 0.15) is 12.8 Å². The number of allylic oxidation sites excluding steroid dienone is 1. The lowest BCUT2D eigenvalue weighted by Crippen LogP contribution is -2.33. The minimum Gasteiger partial charge on any atom is -0.394 e. The van der Waals surface area contributed by atoms with Crippen LogP contribution in [0.15, 0.2) is 24.8 Å². The molecule has 0 radical (unpaired) electrons. The smallest absolute Gasteiger partial charge is 0.166 e. The SMILES string of the molecule is Nc1ncnc2c1ncn2C1(CO)C=CCC1. The van der Waals surface area contributed by atoms with Crippen molar-refractivity contribution in [2.45, 2.75) is 18.4 Å². The van der Waals surface area contributed by atoms with Crippen molar-refractivity contribution < 1.29 is 5.11 Å². The van der Waals surface area contributed by atoms with Gasteiger partial charge in [-0.3, -0.25) is 0 Å². The molecule has 17 heavy (non-hydrogen) atoms. The lowest BCUT2D eigenvalue weighted by atomic mass is 10.0. The normalized spacial score (nSPS) is 23.6. The fraction of sp³-hybridized carbons (Fsp3) is 0.364. The predicted molar refractivity (Wildman–Crippen MR) is 63.2 cm³/mol. The summed E-state index contributed by atoms with van der Waals surface area (Å²) in [5.74, 6) is 0.365. The second-order valence-electron chi connectivity index (χ2n) is 4.25. The Morgan fingerprint density at radius 3 is 3.00 bits per heavy atom. The number of fused-ring (bicyclic) bond motifs is 1. The first kappa shape index (κ1) is 10.2. The quantitative estimate of drug-likeness (QED) is 0.732. The number of hydrogen-bond acceptors (Lipinski definition) is 5. The van der Waals surface area contributed by atoms with Crippen LogP contribution < -0.4 is 5.73 Å².